The van der Waals surface area contributed by atoms with Crippen LogP contribution in [0.5, 0.6) is 5.75 Å². The monoisotopic (exact) mass is 380 g/mol. The number of anilines is 1. The third kappa shape index (κ3) is 5.40. The second-order valence-electron chi connectivity index (χ2n) is 6.62. The van der Waals surface area contributed by atoms with Gasteiger partial charge in [0, 0.05) is 17.8 Å². The fraction of sp³-hybridized carbons (Fsp3) is 0.556. The third-order valence-electron chi connectivity index (χ3n) is 4.65. The fourth-order valence-corrected chi connectivity index (χ4v) is 3.31. The first kappa shape index (κ1) is 20.6. The summed E-state index contributed by atoms with van der Waals surface area (Å²) in [6.07, 6.45) is 1.64. The molecule has 0 saturated carbocycles. The number of methoxy groups -OCH3 is 1. The van der Waals surface area contributed by atoms with Gasteiger partial charge >= 0.3 is 11.7 Å². The van der Waals surface area contributed by atoms with E-state index in [0.29, 0.717) is 24.4 Å². The number of hydrogen-bond donors (Lipinski definition) is 2. The van der Waals surface area contributed by atoms with Gasteiger partial charge in [0.25, 0.3) is 5.91 Å². The maximum absolute atomic E-state index is 12.4. The SMILES string of the molecule is CCOC(=O)[C@@H]1CCC[NH+](CC(=O)Nc2cc(OC)c([N+](=O)[O-])cc2C)C1. The molecular formula is C18H26N3O6+. The molecule has 0 aromatic heterocycles. The Kier molecular flexibility index (Phi) is 7.12. The van der Waals surface area contributed by atoms with Crippen molar-refractivity contribution in [2.45, 2.75) is 26.7 Å². The Balaban J connectivity index is 2.01. The van der Waals surface area contributed by atoms with Crippen LogP contribution in [0.25, 0.3) is 0 Å². The molecule has 148 valence electrons. The number of quaternary nitrogens is 1. The lowest BCUT2D eigenvalue weighted by Crippen LogP contribution is -3.14. The lowest BCUT2D eigenvalue weighted by Gasteiger charge is -2.28. The van der Waals surface area contributed by atoms with Gasteiger partial charge in [0.1, 0.15) is 5.92 Å². The van der Waals surface area contributed by atoms with E-state index in [0.717, 1.165) is 24.3 Å². The Morgan fingerprint density at radius 3 is 2.78 bits per heavy atom. The first-order valence-electron chi connectivity index (χ1n) is 8.98. The molecule has 1 unspecified atom stereocenters. The molecule has 1 heterocycles. The molecule has 0 bridgehead atoms. The molecule has 9 heteroatoms. The zero-order valence-electron chi connectivity index (χ0n) is 15.9. The summed E-state index contributed by atoms with van der Waals surface area (Å²) in [5, 5.41) is 13.8. The predicted molar refractivity (Wildman–Crippen MR) is 97.9 cm³/mol. The molecule has 27 heavy (non-hydrogen) atoms. The van der Waals surface area contributed by atoms with Crippen molar-refractivity contribution in [1.82, 2.24) is 0 Å². The largest absolute Gasteiger partial charge is 0.490 e. The van der Waals surface area contributed by atoms with E-state index in [1.165, 1.54) is 19.2 Å². The zero-order chi connectivity index (χ0) is 20.0. The van der Waals surface area contributed by atoms with Crippen molar-refractivity contribution in [2.75, 3.05) is 38.7 Å². The molecule has 2 rings (SSSR count). The van der Waals surface area contributed by atoms with E-state index >= 15 is 0 Å². The Labute approximate surface area is 157 Å². The number of carbonyl (C=O) groups excluding carboxylic acids is 2. The molecule has 1 amide bonds. The number of nitrogens with zero attached hydrogens (tertiary/aromatic N) is 1. The summed E-state index contributed by atoms with van der Waals surface area (Å²) >= 11 is 0. The molecule has 0 spiro atoms. The van der Waals surface area contributed by atoms with Crippen LogP contribution in [-0.4, -0.2) is 50.2 Å². The second-order valence-corrected chi connectivity index (χ2v) is 6.62. The number of benzene rings is 1. The number of esters is 1. The zero-order valence-corrected chi connectivity index (χ0v) is 15.9. The molecule has 2 N–H and O–H groups in total. The van der Waals surface area contributed by atoms with E-state index in [1.54, 1.807) is 13.8 Å². The van der Waals surface area contributed by atoms with E-state index in [1.807, 2.05) is 0 Å². The predicted octanol–water partition coefficient (Wildman–Crippen LogP) is 0.708. The number of nitrogens with one attached hydrogen (secondary N) is 2. The first-order valence-corrected chi connectivity index (χ1v) is 8.98. The summed E-state index contributed by atoms with van der Waals surface area (Å²) in [5.41, 5.74) is 0.904. The van der Waals surface area contributed by atoms with E-state index in [2.05, 4.69) is 5.32 Å². The number of carbonyl (C=O) groups is 2. The maximum atomic E-state index is 12.4. The number of likely N-dealkylation sites (tertiary alicyclic amines) is 1. The van der Waals surface area contributed by atoms with Crippen molar-refractivity contribution in [2.24, 2.45) is 5.92 Å². The number of amides is 1. The van der Waals surface area contributed by atoms with Gasteiger partial charge in [0.05, 0.1) is 31.7 Å². The Morgan fingerprint density at radius 1 is 1.41 bits per heavy atom. The van der Waals surface area contributed by atoms with Crippen molar-refractivity contribution < 1.29 is 28.9 Å². The number of hydrogen-bond acceptors (Lipinski definition) is 6. The number of rotatable bonds is 7. The molecule has 1 aromatic carbocycles. The fourth-order valence-electron chi connectivity index (χ4n) is 3.31. The van der Waals surface area contributed by atoms with Gasteiger partial charge in [-0.3, -0.25) is 19.7 Å². The van der Waals surface area contributed by atoms with Crippen LogP contribution >= 0.6 is 0 Å². The summed E-state index contributed by atoms with van der Waals surface area (Å²) in [6, 6.07) is 2.83. The van der Waals surface area contributed by atoms with E-state index in [9.17, 15) is 19.7 Å². The minimum Gasteiger partial charge on any atom is -0.490 e. The van der Waals surface area contributed by atoms with Crippen molar-refractivity contribution in [3.63, 3.8) is 0 Å². The lowest BCUT2D eigenvalue weighted by atomic mass is 9.98. The van der Waals surface area contributed by atoms with Gasteiger partial charge < -0.3 is 19.7 Å². The van der Waals surface area contributed by atoms with Gasteiger partial charge in [-0.05, 0) is 32.3 Å². The molecular weight excluding hydrogens is 354 g/mol. The number of aryl methyl sites for hydroxylation is 1. The van der Waals surface area contributed by atoms with Gasteiger partial charge in [0.2, 0.25) is 0 Å². The van der Waals surface area contributed by atoms with Crippen LogP contribution < -0.4 is 15.0 Å². The first-order chi connectivity index (χ1) is 12.8. The molecule has 1 aliphatic rings. The lowest BCUT2D eigenvalue weighted by molar-refractivity contribution is -0.899. The van der Waals surface area contributed by atoms with Gasteiger partial charge in [-0.2, -0.15) is 0 Å². The van der Waals surface area contributed by atoms with Crippen LogP contribution in [-0.2, 0) is 14.3 Å². The number of piperidine rings is 1. The summed E-state index contributed by atoms with van der Waals surface area (Å²) in [5.74, 6) is -0.504. The highest BCUT2D eigenvalue weighted by molar-refractivity contribution is 5.92. The number of nitro groups is 1. The molecule has 0 aliphatic carbocycles. The van der Waals surface area contributed by atoms with E-state index < -0.39 is 4.92 Å². The summed E-state index contributed by atoms with van der Waals surface area (Å²) in [4.78, 5) is 35.9. The third-order valence-corrected chi connectivity index (χ3v) is 4.65. The Hall–Kier alpha value is -2.68. The highest BCUT2D eigenvalue weighted by atomic mass is 16.6. The average molecular weight is 380 g/mol. The van der Waals surface area contributed by atoms with Crippen LogP contribution in [0.1, 0.15) is 25.3 Å². The van der Waals surface area contributed by atoms with E-state index in [-0.39, 0.29) is 35.8 Å². The normalized spacial score (nSPS) is 19.2. The average Bonchev–Trinajstić information content (AvgIpc) is 2.63. The summed E-state index contributed by atoms with van der Waals surface area (Å²) < 4.78 is 10.1. The van der Waals surface area contributed by atoms with Crippen LogP contribution in [0.2, 0.25) is 0 Å². The van der Waals surface area contributed by atoms with Crippen molar-refractivity contribution in [1.29, 1.82) is 0 Å². The Bertz CT molecular complexity index is 721. The van der Waals surface area contributed by atoms with Crippen LogP contribution in [0.15, 0.2) is 12.1 Å². The Morgan fingerprint density at radius 2 is 2.15 bits per heavy atom. The summed E-state index contributed by atoms with van der Waals surface area (Å²) in [7, 11) is 1.34. The maximum Gasteiger partial charge on any atom is 0.314 e. The standard InChI is InChI=1S/C18H25N3O6/c1-4-27-18(23)13-6-5-7-20(10-13)11-17(22)19-14-9-16(26-3)15(21(24)25)8-12(14)2/h8-9,13H,4-7,10-11H2,1-3H3,(H,19,22)/p+1/t13-/m1/s1. The minimum atomic E-state index is -0.523. The summed E-state index contributed by atoms with van der Waals surface area (Å²) in [6.45, 7) is 5.41. The minimum absolute atomic E-state index is 0.0913. The highest BCUT2D eigenvalue weighted by Crippen LogP contribution is 2.32. The molecule has 2 atom stereocenters. The molecule has 1 aromatic rings. The molecule has 0 radical (unpaired) electrons. The van der Waals surface area contributed by atoms with Crippen LogP contribution in [0.4, 0.5) is 11.4 Å². The van der Waals surface area contributed by atoms with Crippen molar-refractivity contribution in [3.05, 3.63) is 27.8 Å². The second kappa shape index (κ2) is 9.31. The van der Waals surface area contributed by atoms with E-state index in [4.69, 9.17) is 9.47 Å². The highest BCUT2D eigenvalue weighted by Gasteiger charge is 2.31. The topological polar surface area (TPSA) is 112 Å². The molecule has 1 fully saturated rings. The number of nitro benzene ring substituents is 1. The molecule has 1 aliphatic heterocycles. The number of ether oxygens (including phenoxy) is 2. The van der Waals surface area contributed by atoms with Gasteiger partial charge in [-0.1, -0.05) is 0 Å². The smallest absolute Gasteiger partial charge is 0.314 e. The van der Waals surface area contributed by atoms with Gasteiger partial charge in [-0.15, -0.1) is 0 Å². The quantitative estimate of drug-likeness (QED) is 0.409. The van der Waals surface area contributed by atoms with Crippen molar-refractivity contribution in [3.8, 4) is 5.75 Å². The van der Waals surface area contributed by atoms with Gasteiger partial charge in [-0.25, -0.2) is 0 Å². The van der Waals surface area contributed by atoms with Crippen LogP contribution in [0.3, 0.4) is 0 Å². The van der Waals surface area contributed by atoms with Gasteiger partial charge in [0.15, 0.2) is 12.3 Å². The van der Waals surface area contributed by atoms with Crippen LogP contribution in [0, 0.1) is 23.0 Å². The van der Waals surface area contributed by atoms with Crippen molar-refractivity contribution >= 4 is 23.3 Å². The molecule has 9 nitrogen and oxygen atoms in total. The molecule has 1 saturated heterocycles.